The maximum Gasteiger partial charge on any atom is 0.164 e. The Balaban J connectivity index is 1.09. The third kappa shape index (κ3) is 5.17. The minimum atomic E-state index is -0.548. The smallest absolute Gasteiger partial charge is 0.164 e. The zero-order valence-corrected chi connectivity index (χ0v) is 32.4. The largest absolute Gasteiger partial charge is 0.456 e. The maximum atomic E-state index is 6.59. The number of hydrogen-bond acceptors (Lipinski definition) is 6. The molecule has 0 bridgehead atoms. The Kier molecular flexibility index (Phi) is 7.55. The van der Waals surface area contributed by atoms with Crippen LogP contribution in [0, 0.1) is 0 Å². The van der Waals surface area contributed by atoms with Crippen LogP contribution in [-0.4, -0.2) is 19.9 Å². The summed E-state index contributed by atoms with van der Waals surface area (Å²) in [4.78, 5) is 20.8. The summed E-state index contributed by atoms with van der Waals surface area (Å²) in [6.45, 7) is 0. The van der Waals surface area contributed by atoms with Gasteiger partial charge in [-0.2, -0.15) is 0 Å². The standard InChI is InChI=1S/C53H32N4OS/c1-4-16-33(17-5-1)49-55-50(39-23-14-26-42-47(39)37-22-10-11-25-41(37)53(42,35-18-6-2-7-19-35)36-20-8-3-9-21-36)57-51(56-49)40-24-15-28-44-48(40)38-31-30-34(32-45(38)58-44)52-54-43-27-12-13-29-46(43)59-52/h1-32H. The predicted molar refractivity (Wildman–Crippen MR) is 239 cm³/mol. The predicted octanol–water partition coefficient (Wildman–Crippen LogP) is 13.4. The van der Waals surface area contributed by atoms with Crippen LogP contribution in [-0.2, 0) is 5.41 Å². The summed E-state index contributed by atoms with van der Waals surface area (Å²) in [6.07, 6.45) is 0. The van der Waals surface area contributed by atoms with Crippen molar-refractivity contribution in [2.45, 2.75) is 5.41 Å². The Bertz CT molecular complexity index is 3320. The highest BCUT2D eigenvalue weighted by molar-refractivity contribution is 7.21. The van der Waals surface area contributed by atoms with Gasteiger partial charge in [0.25, 0.3) is 0 Å². The summed E-state index contributed by atoms with van der Waals surface area (Å²) in [5.41, 5.74) is 12.9. The fraction of sp³-hybridized carbons (Fsp3) is 0.0189. The first-order chi connectivity index (χ1) is 29.2. The van der Waals surface area contributed by atoms with Crippen LogP contribution in [0.25, 0.3) is 88.0 Å². The summed E-state index contributed by atoms with van der Waals surface area (Å²) >= 11 is 1.69. The molecular formula is C53H32N4OS. The van der Waals surface area contributed by atoms with Gasteiger partial charge in [0, 0.05) is 33.0 Å². The normalized spacial score (nSPS) is 12.9. The molecule has 0 aliphatic heterocycles. The molecule has 0 saturated carbocycles. The molecule has 0 fully saturated rings. The van der Waals surface area contributed by atoms with Crippen molar-refractivity contribution in [2.75, 3.05) is 0 Å². The first-order valence-electron chi connectivity index (χ1n) is 19.7. The fourth-order valence-corrected chi connectivity index (χ4v) is 10.1. The van der Waals surface area contributed by atoms with Crippen molar-refractivity contribution in [1.82, 2.24) is 19.9 Å². The highest BCUT2D eigenvalue weighted by Gasteiger charge is 2.47. The Hall–Kier alpha value is -7.54. The van der Waals surface area contributed by atoms with E-state index >= 15 is 0 Å². The van der Waals surface area contributed by atoms with Crippen LogP contribution in [0.4, 0.5) is 0 Å². The van der Waals surface area contributed by atoms with Gasteiger partial charge in [-0.15, -0.1) is 11.3 Å². The van der Waals surface area contributed by atoms with E-state index in [4.69, 9.17) is 24.4 Å². The van der Waals surface area contributed by atoms with E-state index in [1.54, 1.807) is 11.3 Å². The average Bonchev–Trinajstić information content (AvgIpc) is 4.00. The zero-order valence-electron chi connectivity index (χ0n) is 31.6. The highest BCUT2D eigenvalue weighted by atomic mass is 32.1. The van der Waals surface area contributed by atoms with E-state index in [9.17, 15) is 0 Å². The summed E-state index contributed by atoms with van der Waals surface area (Å²) in [5, 5.41) is 2.92. The number of aromatic nitrogens is 4. The second-order valence-corrected chi connectivity index (χ2v) is 15.9. The van der Waals surface area contributed by atoms with E-state index in [2.05, 4.69) is 158 Å². The van der Waals surface area contributed by atoms with E-state index in [0.717, 1.165) is 65.0 Å². The van der Waals surface area contributed by atoms with Gasteiger partial charge in [-0.25, -0.2) is 19.9 Å². The summed E-state index contributed by atoms with van der Waals surface area (Å²) in [7, 11) is 0. The van der Waals surface area contributed by atoms with E-state index in [-0.39, 0.29) is 0 Å². The van der Waals surface area contributed by atoms with Crippen LogP contribution >= 0.6 is 11.3 Å². The van der Waals surface area contributed by atoms with Gasteiger partial charge in [-0.3, -0.25) is 0 Å². The number of fused-ring (bicyclic) bond motifs is 7. The third-order valence-corrected chi connectivity index (χ3v) is 12.8. The third-order valence-electron chi connectivity index (χ3n) is 11.7. The number of benzene rings is 8. The number of thiazole rings is 1. The quantitative estimate of drug-likeness (QED) is 0.168. The molecule has 0 amide bonds. The maximum absolute atomic E-state index is 6.59. The molecule has 8 aromatic carbocycles. The van der Waals surface area contributed by atoms with Gasteiger partial charge in [0.1, 0.15) is 16.2 Å². The van der Waals surface area contributed by atoms with Gasteiger partial charge < -0.3 is 4.42 Å². The Morgan fingerprint density at radius 3 is 1.81 bits per heavy atom. The Morgan fingerprint density at radius 2 is 1.03 bits per heavy atom. The van der Waals surface area contributed by atoms with Gasteiger partial charge >= 0.3 is 0 Å². The molecule has 0 saturated heterocycles. The van der Waals surface area contributed by atoms with E-state index in [1.807, 2.05) is 36.4 Å². The number of para-hydroxylation sites is 1. The van der Waals surface area contributed by atoms with Crippen molar-refractivity contribution in [3.8, 4) is 55.9 Å². The van der Waals surface area contributed by atoms with Gasteiger partial charge in [0.15, 0.2) is 17.5 Å². The minimum Gasteiger partial charge on any atom is -0.456 e. The second kappa shape index (κ2) is 13.3. The summed E-state index contributed by atoms with van der Waals surface area (Å²) in [6, 6.07) is 68.0. The molecule has 5 nitrogen and oxygen atoms in total. The molecule has 59 heavy (non-hydrogen) atoms. The van der Waals surface area contributed by atoms with E-state index in [0.29, 0.717) is 17.5 Å². The van der Waals surface area contributed by atoms with Crippen LogP contribution < -0.4 is 0 Å². The fourth-order valence-electron chi connectivity index (χ4n) is 9.15. The highest BCUT2D eigenvalue weighted by Crippen LogP contribution is 2.58. The van der Waals surface area contributed by atoms with E-state index in [1.165, 1.54) is 27.8 Å². The van der Waals surface area contributed by atoms with Crippen molar-refractivity contribution < 1.29 is 4.42 Å². The van der Waals surface area contributed by atoms with Crippen molar-refractivity contribution in [2.24, 2.45) is 0 Å². The van der Waals surface area contributed by atoms with Gasteiger partial charge in [-0.1, -0.05) is 164 Å². The molecule has 11 aromatic rings. The van der Waals surface area contributed by atoms with Gasteiger partial charge in [0.2, 0.25) is 0 Å². The number of nitrogens with zero attached hydrogens (tertiary/aromatic N) is 4. The van der Waals surface area contributed by atoms with Gasteiger partial charge in [-0.05, 0) is 63.7 Å². The van der Waals surface area contributed by atoms with Gasteiger partial charge in [0.05, 0.1) is 15.6 Å². The lowest BCUT2D eigenvalue weighted by Gasteiger charge is -2.33. The molecule has 276 valence electrons. The average molecular weight is 773 g/mol. The molecule has 0 N–H and O–H groups in total. The summed E-state index contributed by atoms with van der Waals surface area (Å²) < 4.78 is 7.75. The molecule has 0 atom stereocenters. The van der Waals surface area contributed by atoms with E-state index < -0.39 is 5.41 Å². The van der Waals surface area contributed by atoms with Crippen molar-refractivity contribution in [1.29, 1.82) is 0 Å². The first-order valence-corrected chi connectivity index (χ1v) is 20.5. The number of hydrogen-bond donors (Lipinski definition) is 0. The zero-order chi connectivity index (χ0) is 38.9. The minimum absolute atomic E-state index is 0.548. The van der Waals surface area contributed by atoms with Crippen molar-refractivity contribution in [3.05, 3.63) is 216 Å². The lowest BCUT2D eigenvalue weighted by Crippen LogP contribution is -2.28. The van der Waals surface area contributed by atoms with Crippen molar-refractivity contribution in [3.63, 3.8) is 0 Å². The van der Waals surface area contributed by atoms with Crippen LogP contribution in [0.3, 0.4) is 0 Å². The lowest BCUT2D eigenvalue weighted by atomic mass is 9.67. The molecular weight excluding hydrogens is 741 g/mol. The Morgan fingerprint density at radius 1 is 0.424 bits per heavy atom. The molecule has 1 aliphatic rings. The summed E-state index contributed by atoms with van der Waals surface area (Å²) in [5.74, 6) is 1.80. The van der Waals surface area contributed by atoms with Crippen LogP contribution in [0.15, 0.2) is 199 Å². The lowest BCUT2D eigenvalue weighted by molar-refractivity contribution is 0.669. The molecule has 0 radical (unpaired) electrons. The first kappa shape index (κ1) is 33.6. The number of furan rings is 1. The molecule has 0 unspecified atom stereocenters. The molecule has 6 heteroatoms. The van der Waals surface area contributed by atoms with Crippen LogP contribution in [0.2, 0.25) is 0 Å². The Labute approximate surface area is 344 Å². The van der Waals surface area contributed by atoms with Crippen molar-refractivity contribution >= 4 is 43.5 Å². The molecule has 1 aliphatic carbocycles. The monoisotopic (exact) mass is 772 g/mol. The van der Waals surface area contributed by atoms with Crippen LogP contribution in [0.1, 0.15) is 22.3 Å². The molecule has 3 aromatic heterocycles. The number of rotatable bonds is 6. The molecule has 12 rings (SSSR count). The van der Waals surface area contributed by atoms with Crippen LogP contribution in [0.5, 0.6) is 0 Å². The topological polar surface area (TPSA) is 64.7 Å². The molecule has 0 spiro atoms. The second-order valence-electron chi connectivity index (χ2n) is 14.9. The molecule has 3 heterocycles. The SMILES string of the molecule is c1ccc(-c2nc(-c3cccc4c3-c3ccccc3C4(c3ccccc3)c3ccccc3)nc(-c3cccc4oc5cc(-c6nc7ccccc7s6)ccc5c34)n2)cc1.